The number of ether oxygens (including phenoxy) is 1. The normalized spacial score (nSPS) is 12.2. The van der Waals surface area contributed by atoms with Crippen molar-refractivity contribution in [3.63, 3.8) is 0 Å². The van der Waals surface area contributed by atoms with Crippen LogP contribution < -0.4 is 10.2 Å². The summed E-state index contributed by atoms with van der Waals surface area (Å²) in [6.07, 6.45) is 5.99. The first-order valence-corrected chi connectivity index (χ1v) is 6.80. The Hall–Kier alpha value is -0.995. The maximum atomic E-state index is 9.00. The van der Waals surface area contributed by atoms with Crippen molar-refractivity contribution in [3.05, 3.63) is 24.3 Å². The Morgan fingerprint density at radius 2 is 1.78 bits per heavy atom. The number of benzene rings is 1. The summed E-state index contributed by atoms with van der Waals surface area (Å²) in [5, 5.41) is 18.0. The average Bonchev–Trinajstić information content (AvgIpc) is 2.38. The molecule has 3 nitrogen and oxygen atoms in total. The standard InChI is InChI=1S/C14H23BO3/c1-3-5-6-7-13(4-2)18-14-10-8-12(9-11-14)15(16)17/h8-11,13,16-17H,3-7H2,1-2H3. The van der Waals surface area contributed by atoms with Crippen molar-refractivity contribution < 1.29 is 14.8 Å². The molecule has 1 atom stereocenters. The van der Waals surface area contributed by atoms with Crippen molar-refractivity contribution in [1.29, 1.82) is 0 Å². The Labute approximate surface area is 110 Å². The van der Waals surface area contributed by atoms with Crippen LogP contribution in [0, 0.1) is 0 Å². The second-order valence-electron chi connectivity index (χ2n) is 4.59. The van der Waals surface area contributed by atoms with Gasteiger partial charge in [0.1, 0.15) is 5.75 Å². The molecule has 0 aliphatic carbocycles. The highest BCUT2D eigenvalue weighted by atomic mass is 16.5. The molecule has 4 heteroatoms. The lowest BCUT2D eigenvalue weighted by atomic mass is 9.80. The first-order chi connectivity index (χ1) is 8.67. The Morgan fingerprint density at radius 3 is 2.28 bits per heavy atom. The van der Waals surface area contributed by atoms with Crippen LogP contribution in [0.15, 0.2) is 24.3 Å². The molecule has 0 spiro atoms. The van der Waals surface area contributed by atoms with Crippen LogP contribution in [-0.4, -0.2) is 23.3 Å². The molecule has 1 aromatic carbocycles. The van der Waals surface area contributed by atoms with Gasteiger partial charge in [0, 0.05) is 0 Å². The molecule has 0 aromatic heterocycles. The molecule has 0 heterocycles. The molecule has 0 bridgehead atoms. The van der Waals surface area contributed by atoms with Gasteiger partial charge in [0.25, 0.3) is 0 Å². The highest BCUT2D eigenvalue weighted by Crippen LogP contribution is 2.16. The van der Waals surface area contributed by atoms with Crippen molar-refractivity contribution in [1.82, 2.24) is 0 Å². The summed E-state index contributed by atoms with van der Waals surface area (Å²) >= 11 is 0. The lowest BCUT2D eigenvalue weighted by Gasteiger charge is -2.17. The van der Waals surface area contributed by atoms with E-state index in [2.05, 4.69) is 13.8 Å². The van der Waals surface area contributed by atoms with Crippen molar-refractivity contribution in [2.45, 2.75) is 52.1 Å². The fraction of sp³-hybridized carbons (Fsp3) is 0.571. The minimum atomic E-state index is -1.41. The molecular weight excluding hydrogens is 227 g/mol. The molecule has 1 aromatic rings. The van der Waals surface area contributed by atoms with Crippen LogP contribution in [0.1, 0.15) is 46.0 Å². The molecule has 0 radical (unpaired) electrons. The summed E-state index contributed by atoms with van der Waals surface area (Å²) in [4.78, 5) is 0. The number of hydrogen-bond acceptors (Lipinski definition) is 3. The second-order valence-corrected chi connectivity index (χ2v) is 4.59. The van der Waals surface area contributed by atoms with E-state index in [4.69, 9.17) is 14.8 Å². The third kappa shape index (κ3) is 5.11. The second kappa shape index (κ2) is 8.17. The highest BCUT2D eigenvalue weighted by Gasteiger charge is 2.11. The van der Waals surface area contributed by atoms with E-state index >= 15 is 0 Å². The molecule has 0 saturated carbocycles. The molecule has 18 heavy (non-hydrogen) atoms. The first-order valence-electron chi connectivity index (χ1n) is 6.80. The zero-order chi connectivity index (χ0) is 13.4. The Bertz CT molecular complexity index is 324. The SMILES string of the molecule is CCCCCC(CC)Oc1ccc(B(O)O)cc1. The van der Waals surface area contributed by atoms with Crippen LogP contribution in [0.5, 0.6) is 5.75 Å². The molecule has 2 N–H and O–H groups in total. The third-order valence-corrected chi connectivity index (χ3v) is 3.07. The van der Waals surface area contributed by atoms with Gasteiger partial charge >= 0.3 is 7.12 Å². The van der Waals surface area contributed by atoms with Crippen LogP contribution in [0.2, 0.25) is 0 Å². The van der Waals surface area contributed by atoms with Crippen LogP contribution in [-0.2, 0) is 0 Å². The van der Waals surface area contributed by atoms with Crippen LogP contribution in [0.25, 0.3) is 0 Å². The zero-order valence-corrected chi connectivity index (χ0v) is 11.3. The van der Waals surface area contributed by atoms with Gasteiger partial charge in [-0.05, 0) is 36.9 Å². The lowest BCUT2D eigenvalue weighted by molar-refractivity contribution is 0.183. The predicted octanol–water partition coefficient (Wildman–Crippen LogP) is 2.10. The topological polar surface area (TPSA) is 49.7 Å². The van der Waals surface area contributed by atoms with Crippen molar-refractivity contribution in [2.24, 2.45) is 0 Å². The maximum Gasteiger partial charge on any atom is 0.488 e. The van der Waals surface area contributed by atoms with E-state index in [1.165, 1.54) is 19.3 Å². The fourth-order valence-corrected chi connectivity index (χ4v) is 1.88. The van der Waals surface area contributed by atoms with Gasteiger partial charge < -0.3 is 14.8 Å². The Morgan fingerprint density at radius 1 is 1.11 bits per heavy atom. The molecule has 0 saturated heterocycles. The van der Waals surface area contributed by atoms with Crippen molar-refractivity contribution >= 4 is 12.6 Å². The van der Waals surface area contributed by atoms with Crippen LogP contribution in [0.4, 0.5) is 0 Å². The minimum absolute atomic E-state index is 0.251. The van der Waals surface area contributed by atoms with Crippen LogP contribution in [0.3, 0.4) is 0 Å². The van der Waals surface area contributed by atoms with E-state index in [1.807, 2.05) is 0 Å². The monoisotopic (exact) mass is 250 g/mol. The molecular formula is C14H23BO3. The zero-order valence-electron chi connectivity index (χ0n) is 11.3. The maximum absolute atomic E-state index is 9.00. The summed E-state index contributed by atoms with van der Waals surface area (Å²) in [5.41, 5.74) is 0.487. The van der Waals surface area contributed by atoms with Gasteiger partial charge in [0.2, 0.25) is 0 Å². The van der Waals surface area contributed by atoms with E-state index in [9.17, 15) is 0 Å². The molecule has 0 aliphatic rings. The third-order valence-electron chi connectivity index (χ3n) is 3.07. The Kier molecular flexibility index (Phi) is 6.84. The smallest absolute Gasteiger partial charge is 0.488 e. The molecule has 1 unspecified atom stereocenters. The fourth-order valence-electron chi connectivity index (χ4n) is 1.88. The molecule has 0 aliphatic heterocycles. The van der Waals surface area contributed by atoms with Crippen molar-refractivity contribution in [3.8, 4) is 5.75 Å². The molecule has 1 rings (SSSR count). The molecule has 100 valence electrons. The van der Waals surface area contributed by atoms with Crippen molar-refractivity contribution in [2.75, 3.05) is 0 Å². The minimum Gasteiger partial charge on any atom is -0.490 e. The highest BCUT2D eigenvalue weighted by molar-refractivity contribution is 6.58. The van der Waals surface area contributed by atoms with Gasteiger partial charge in [-0.15, -0.1) is 0 Å². The van der Waals surface area contributed by atoms with Gasteiger partial charge in [-0.2, -0.15) is 0 Å². The number of unbranched alkanes of at least 4 members (excludes halogenated alkanes) is 2. The summed E-state index contributed by atoms with van der Waals surface area (Å²) in [6, 6.07) is 6.94. The average molecular weight is 250 g/mol. The van der Waals surface area contributed by atoms with E-state index in [-0.39, 0.29) is 6.10 Å². The van der Waals surface area contributed by atoms with E-state index in [0.717, 1.165) is 18.6 Å². The summed E-state index contributed by atoms with van der Waals surface area (Å²) in [6.45, 7) is 4.32. The van der Waals surface area contributed by atoms with E-state index in [1.54, 1.807) is 24.3 Å². The van der Waals surface area contributed by atoms with Gasteiger partial charge in [0.15, 0.2) is 0 Å². The van der Waals surface area contributed by atoms with Crippen LogP contribution >= 0.6 is 0 Å². The van der Waals surface area contributed by atoms with E-state index < -0.39 is 7.12 Å². The first kappa shape index (κ1) is 15.1. The largest absolute Gasteiger partial charge is 0.490 e. The quantitative estimate of drug-likeness (QED) is 0.548. The summed E-state index contributed by atoms with van der Waals surface area (Å²) < 4.78 is 5.88. The number of hydrogen-bond donors (Lipinski definition) is 2. The summed E-state index contributed by atoms with van der Waals surface area (Å²) in [5.74, 6) is 0.794. The molecule has 0 fully saturated rings. The predicted molar refractivity (Wildman–Crippen MR) is 75.1 cm³/mol. The van der Waals surface area contributed by atoms with E-state index in [0.29, 0.717) is 5.46 Å². The molecule has 0 amide bonds. The van der Waals surface area contributed by atoms with Gasteiger partial charge in [-0.3, -0.25) is 0 Å². The summed E-state index contributed by atoms with van der Waals surface area (Å²) in [7, 11) is -1.41. The Balaban J connectivity index is 2.48. The van der Waals surface area contributed by atoms with Gasteiger partial charge in [-0.25, -0.2) is 0 Å². The van der Waals surface area contributed by atoms with Gasteiger partial charge in [-0.1, -0.05) is 38.8 Å². The van der Waals surface area contributed by atoms with Gasteiger partial charge in [0.05, 0.1) is 6.10 Å². The number of rotatable bonds is 8. The lowest BCUT2D eigenvalue weighted by Crippen LogP contribution is -2.29.